The molecule has 1 aliphatic rings. The summed E-state index contributed by atoms with van der Waals surface area (Å²) in [6.45, 7) is 3.74. The zero-order valence-corrected chi connectivity index (χ0v) is 11.4. The molecule has 100 valence electrons. The zero-order chi connectivity index (χ0) is 12.8. The van der Waals surface area contributed by atoms with Gasteiger partial charge in [0.05, 0.1) is 13.2 Å². The van der Waals surface area contributed by atoms with Crippen molar-refractivity contribution in [2.24, 2.45) is 5.92 Å². The zero-order valence-electron chi connectivity index (χ0n) is 11.4. The van der Waals surface area contributed by atoms with Crippen LogP contribution in [0, 0.1) is 5.92 Å². The lowest BCUT2D eigenvalue weighted by Gasteiger charge is -2.22. The van der Waals surface area contributed by atoms with Crippen molar-refractivity contribution >= 4 is 0 Å². The van der Waals surface area contributed by atoms with Crippen LogP contribution in [0.25, 0.3) is 0 Å². The van der Waals surface area contributed by atoms with Gasteiger partial charge < -0.3 is 14.4 Å². The molecule has 0 aromatic heterocycles. The molecule has 1 atom stereocenters. The average Bonchev–Trinajstić information content (AvgIpc) is 2.57. The second kappa shape index (κ2) is 6.76. The van der Waals surface area contributed by atoms with Crippen molar-refractivity contribution in [3.05, 3.63) is 29.8 Å². The maximum absolute atomic E-state index is 5.80. The van der Waals surface area contributed by atoms with Crippen LogP contribution in [0.3, 0.4) is 0 Å². The Morgan fingerprint density at radius 1 is 1.39 bits per heavy atom. The van der Waals surface area contributed by atoms with Gasteiger partial charge in [0.1, 0.15) is 5.75 Å². The normalized spacial score (nSPS) is 19.2. The van der Waals surface area contributed by atoms with Crippen LogP contribution in [0.2, 0.25) is 0 Å². The van der Waals surface area contributed by atoms with Crippen LogP contribution in [0.15, 0.2) is 24.3 Å². The Morgan fingerprint density at radius 3 is 3.06 bits per heavy atom. The van der Waals surface area contributed by atoms with Gasteiger partial charge >= 0.3 is 0 Å². The van der Waals surface area contributed by atoms with Crippen LogP contribution in [-0.4, -0.2) is 45.4 Å². The fraction of sp³-hybridized carbons (Fsp3) is 0.600. The minimum Gasteiger partial charge on any atom is -0.493 e. The monoisotopic (exact) mass is 249 g/mol. The molecule has 1 aromatic carbocycles. The van der Waals surface area contributed by atoms with Gasteiger partial charge in [-0.3, -0.25) is 0 Å². The Kier molecular flexibility index (Phi) is 5.02. The van der Waals surface area contributed by atoms with Crippen molar-refractivity contribution in [2.75, 3.05) is 40.5 Å². The molecular formula is C15H23NO2. The summed E-state index contributed by atoms with van der Waals surface area (Å²) in [5.41, 5.74) is 1.35. The second-order valence-electron chi connectivity index (χ2n) is 5.07. The number of hydrogen-bond donors (Lipinski definition) is 0. The molecule has 0 radical (unpaired) electrons. The number of nitrogens with zero attached hydrogens (tertiary/aromatic N) is 1. The molecule has 1 heterocycles. The first-order chi connectivity index (χ1) is 8.79. The van der Waals surface area contributed by atoms with Crippen molar-refractivity contribution in [3.63, 3.8) is 0 Å². The van der Waals surface area contributed by atoms with Gasteiger partial charge in [0.15, 0.2) is 0 Å². The first kappa shape index (κ1) is 13.4. The topological polar surface area (TPSA) is 21.7 Å². The van der Waals surface area contributed by atoms with Crippen molar-refractivity contribution < 1.29 is 9.47 Å². The lowest BCUT2D eigenvalue weighted by atomic mass is 9.96. The average molecular weight is 249 g/mol. The highest BCUT2D eigenvalue weighted by Crippen LogP contribution is 2.26. The van der Waals surface area contributed by atoms with Gasteiger partial charge in [-0.2, -0.15) is 0 Å². The van der Waals surface area contributed by atoms with Crippen LogP contribution >= 0.6 is 0 Å². The van der Waals surface area contributed by atoms with Gasteiger partial charge in [-0.25, -0.2) is 0 Å². The number of likely N-dealkylation sites (N-methyl/N-ethyl adjacent to an activating group) is 1. The maximum atomic E-state index is 5.80. The fourth-order valence-electron chi connectivity index (χ4n) is 2.50. The Balaban J connectivity index is 1.91. The van der Waals surface area contributed by atoms with Gasteiger partial charge in [0.25, 0.3) is 0 Å². The molecule has 0 amide bonds. The molecule has 0 unspecified atom stereocenters. The smallest absolute Gasteiger partial charge is 0.122 e. The predicted octanol–water partition coefficient (Wildman–Crippen LogP) is 2.21. The number of para-hydroxylation sites is 1. The lowest BCUT2D eigenvalue weighted by Crippen LogP contribution is -2.30. The SMILES string of the molecule is COCCN(C)C[C@H]1CCOc2ccccc2C1. The van der Waals surface area contributed by atoms with Crippen molar-refractivity contribution in [3.8, 4) is 5.75 Å². The van der Waals surface area contributed by atoms with E-state index in [-0.39, 0.29) is 0 Å². The van der Waals surface area contributed by atoms with Crippen LogP contribution in [0.1, 0.15) is 12.0 Å². The van der Waals surface area contributed by atoms with Gasteiger partial charge in [-0.05, 0) is 37.4 Å². The number of methoxy groups -OCH3 is 1. The molecule has 1 aromatic rings. The van der Waals surface area contributed by atoms with Gasteiger partial charge in [-0.15, -0.1) is 0 Å². The maximum Gasteiger partial charge on any atom is 0.122 e. The summed E-state index contributed by atoms with van der Waals surface area (Å²) in [7, 11) is 3.92. The minimum atomic E-state index is 0.676. The third-order valence-electron chi connectivity index (χ3n) is 3.51. The number of benzene rings is 1. The summed E-state index contributed by atoms with van der Waals surface area (Å²) in [5, 5.41) is 0. The van der Waals surface area contributed by atoms with Crippen LogP contribution in [0.4, 0.5) is 0 Å². The highest BCUT2D eigenvalue weighted by Gasteiger charge is 2.18. The molecule has 0 saturated carbocycles. The van der Waals surface area contributed by atoms with E-state index in [0.29, 0.717) is 5.92 Å². The van der Waals surface area contributed by atoms with E-state index >= 15 is 0 Å². The van der Waals surface area contributed by atoms with E-state index in [2.05, 4.69) is 30.1 Å². The van der Waals surface area contributed by atoms with Crippen molar-refractivity contribution in [1.82, 2.24) is 4.90 Å². The molecule has 0 aliphatic carbocycles. The van der Waals surface area contributed by atoms with Gasteiger partial charge in [0.2, 0.25) is 0 Å². The molecule has 0 spiro atoms. The van der Waals surface area contributed by atoms with E-state index in [4.69, 9.17) is 9.47 Å². The molecule has 0 N–H and O–H groups in total. The standard InChI is InChI=1S/C15H23NO2/c1-16(8-10-17-2)12-13-7-9-18-15-6-4-3-5-14(15)11-13/h3-6,13H,7-12H2,1-2H3/t13-/m0/s1. The van der Waals surface area contributed by atoms with E-state index in [9.17, 15) is 0 Å². The number of fused-ring (bicyclic) bond motifs is 1. The van der Waals surface area contributed by atoms with Crippen molar-refractivity contribution in [1.29, 1.82) is 0 Å². The number of rotatable bonds is 5. The predicted molar refractivity (Wildman–Crippen MR) is 73.1 cm³/mol. The van der Waals surface area contributed by atoms with E-state index in [0.717, 1.165) is 44.9 Å². The minimum absolute atomic E-state index is 0.676. The van der Waals surface area contributed by atoms with E-state index in [1.165, 1.54) is 5.56 Å². The van der Waals surface area contributed by atoms with Gasteiger partial charge in [-0.1, -0.05) is 18.2 Å². The highest BCUT2D eigenvalue weighted by atomic mass is 16.5. The van der Waals surface area contributed by atoms with E-state index < -0.39 is 0 Å². The quantitative estimate of drug-likeness (QED) is 0.798. The van der Waals surface area contributed by atoms with Crippen LogP contribution < -0.4 is 4.74 Å². The molecule has 3 heteroatoms. The summed E-state index contributed by atoms with van der Waals surface area (Å²) < 4.78 is 10.9. The molecule has 1 aliphatic heterocycles. The Labute approximate surface area is 110 Å². The third-order valence-corrected chi connectivity index (χ3v) is 3.51. The van der Waals surface area contributed by atoms with Crippen LogP contribution in [0.5, 0.6) is 5.75 Å². The first-order valence-electron chi connectivity index (χ1n) is 6.68. The molecule has 2 rings (SSSR count). The second-order valence-corrected chi connectivity index (χ2v) is 5.07. The van der Waals surface area contributed by atoms with Crippen molar-refractivity contribution in [2.45, 2.75) is 12.8 Å². The fourth-order valence-corrected chi connectivity index (χ4v) is 2.50. The Morgan fingerprint density at radius 2 is 2.22 bits per heavy atom. The molecular weight excluding hydrogens is 226 g/mol. The summed E-state index contributed by atoms with van der Waals surface area (Å²) in [6.07, 6.45) is 2.25. The van der Waals surface area contributed by atoms with E-state index in [1.54, 1.807) is 7.11 Å². The van der Waals surface area contributed by atoms with Gasteiger partial charge in [0, 0.05) is 20.2 Å². The van der Waals surface area contributed by atoms with Crippen LogP contribution in [-0.2, 0) is 11.2 Å². The molecule has 0 fully saturated rings. The number of hydrogen-bond acceptors (Lipinski definition) is 3. The highest BCUT2D eigenvalue weighted by molar-refractivity contribution is 5.34. The largest absolute Gasteiger partial charge is 0.493 e. The lowest BCUT2D eigenvalue weighted by molar-refractivity contribution is 0.149. The Hall–Kier alpha value is -1.06. The summed E-state index contributed by atoms with van der Waals surface area (Å²) in [6, 6.07) is 8.40. The molecule has 0 bridgehead atoms. The molecule has 0 saturated heterocycles. The summed E-state index contributed by atoms with van der Waals surface area (Å²) in [5.74, 6) is 1.75. The summed E-state index contributed by atoms with van der Waals surface area (Å²) >= 11 is 0. The molecule has 3 nitrogen and oxygen atoms in total. The van der Waals surface area contributed by atoms with E-state index in [1.807, 2.05) is 6.07 Å². The first-order valence-corrected chi connectivity index (χ1v) is 6.68. The summed E-state index contributed by atoms with van der Waals surface area (Å²) in [4.78, 5) is 2.35. The third kappa shape index (κ3) is 3.72. The number of ether oxygens (including phenoxy) is 2. The molecule has 18 heavy (non-hydrogen) atoms. The Bertz CT molecular complexity index is 367.